The zero-order valence-corrected chi connectivity index (χ0v) is 12.0. The number of nitrogens with zero attached hydrogens (tertiary/aromatic N) is 3. The monoisotopic (exact) mass is 277 g/mol. The number of urea groups is 1. The van der Waals surface area contributed by atoms with Crippen molar-refractivity contribution in [3.63, 3.8) is 0 Å². The summed E-state index contributed by atoms with van der Waals surface area (Å²) in [5, 5.41) is 3.12. The van der Waals surface area contributed by atoms with Gasteiger partial charge in [0.1, 0.15) is 0 Å². The summed E-state index contributed by atoms with van der Waals surface area (Å²) >= 11 is 0. The molecule has 1 saturated carbocycles. The standard InChI is InChI=1S/C14H23N5O/c1-18-8-13(16-9-18)11-6-19(7-12(11)15)14(20)17-10-4-2-3-5-10/h8-12H,2-7,15H2,1H3,(H,17,20)/t11-,12-/m1/s1. The largest absolute Gasteiger partial charge is 0.340 e. The van der Waals surface area contributed by atoms with E-state index in [-0.39, 0.29) is 18.0 Å². The molecule has 6 heteroatoms. The molecule has 0 aromatic carbocycles. The van der Waals surface area contributed by atoms with Gasteiger partial charge in [-0.25, -0.2) is 9.78 Å². The van der Waals surface area contributed by atoms with Crippen LogP contribution in [0.15, 0.2) is 12.5 Å². The van der Waals surface area contributed by atoms with Crippen LogP contribution in [0, 0.1) is 0 Å². The number of nitrogens with two attached hydrogens (primary N) is 1. The lowest BCUT2D eigenvalue weighted by molar-refractivity contribution is 0.203. The highest BCUT2D eigenvalue weighted by Crippen LogP contribution is 2.25. The van der Waals surface area contributed by atoms with Crippen molar-refractivity contribution in [2.24, 2.45) is 12.8 Å². The third-order valence-corrected chi connectivity index (χ3v) is 4.44. The number of carbonyl (C=O) groups is 1. The molecule has 1 aromatic heterocycles. The van der Waals surface area contributed by atoms with Crippen molar-refractivity contribution < 1.29 is 4.79 Å². The van der Waals surface area contributed by atoms with Gasteiger partial charge in [-0.3, -0.25) is 0 Å². The van der Waals surface area contributed by atoms with Crippen LogP contribution in [0.2, 0.25) is 0 Å². The SMILES string of the molecule is Cn1cnc([C@@H]2CN(C(=O)NC3CCCC3)C[C@H]2N)c1. The minimum Gasteiger partial charge on any atom is -0.340 e. The number of nitrogens with one attached hydrogen (secondary N) is 1. The molecule has 1 aliphatic carbocycles. The first-order valence-corrected chi connectivity index (χ1v) is 7.42. The highest BCUT2D eigenvalue weighted by atomic mass is 16.2. The fourth-order valence-electron chi connectivity index (χ4n) is 3.27. The first-order valence-electron chi connectivity index (χ1n) is 7.42. The van der Waals surface area contributed by atoms with Crippen molar-refractivity contribution in [2.45, 2.75) is 43.7 Å². The van der Waals surface area contributed by atoms with Crippen LogP contribution >= 0.6 is 0 Å². The van der Waals surface area contributed by atoms with E-state index in [9.17, 15) is 4.79 Å². The summed E-state index contributed by atoms with van der Waals surface area (Å²) in [5.74, 6) is 0.144. The number of hydrogen-bond donors (Lipinski definition) is 2. The molecule has 1 aliphatic heterocycles. The summed E-state index contributed by atoms with van der Waals surface area (Å²) < 4.78 is 1.92. The van der Waals surface area contributed by atoms with Crippen molar-refractivity contribution in [1.82, 2.24) is 19.8 Å². The quantitative estimate of drug-likeness (QED) is 0.839. The predicted molar refractivity (Wildman–Crippen MR) is 76.3 cm³/mol. The van der Waals surface area contributed by atoms with Gasteiger partial charge in [0.05, 0.1) is 12.0 Å². The summed E-state index contributed by atoms with van der Waals surface area (Å²) in [7, 11) is 1.95. The smallest absolute Gasteiger partial charge is 0.317 e. The molecule has 110 valence electrons. The molecule has 2 heterocycles. The third kappa shape index (κ3) is 2.65. The van der Waals surface area contributed by atoms with E-state index in [4.69, 9.17) is 5.73 Å². The molecule has 0 radical (unpaired) electrons. The number of hydrogen-bond acceptors (Lipinski definition) is 3. The summed E-state index contributed by atoms with van der Waals surface area (Å²) in [5.41, 5.74) is 7.17. The van der Waals surface area contributed by atoms with Crippen LogP contribution in [0.3, 0.4) is 0 Å². The summed E-state index contributed by atoms with van der Waals surface area (Å²) in [6.07, 6.45) is 8.43. The van der Waals surface area contributed by atoms with Gasteiger partial charge in [0, 0.05) is 44.3 Å². The molecular weight excluding hydrogens is 254 g/mol. The van der Waals surface area contributed by atoms with Crippen LogP contribution in [0.1, 0.15) is 37.3 Å². The Morgan fingerprint density at radius 2 is 2.15 bits per heavy atom. The second-order valence-electron chi connectivity index (χ2n) is 6.07. The number of carbonyl (C=O) groups excluding carboxylic acids is 1. The first kappa shape index (κ1) is 13.4. The second-order valence-corrected chi connectivity index (χ2v) is 6.07. The van der Waals surface area contributed by atoms with Gasteiger partial charge < -0.3 is 20.5 Å². The predicted octanol–water partition coefficient (Wildman–Crippen LogP) is 0.799. The van der Waals surface area contributed by atoms with Crippen molar-refractivity contribution in [3.8, 4) is 0 Å². The van der Waals surface area contributed by atoms with Gasteiger partial charge in [-0.15, -0.1) is 0 Å². The Balaban J connectivity index is 1.60. The number of amides is 2. The van der Waals surface area contributed by atoms with Crippen LogP contribution in [-0.4, -0.2) is 45.7 Å². The molecule has 20 heavy (non-hydrogen) atoms. The molecule has 0 bridgehead atoms. The van der Waals surface area contributed by atoms with E-state index in [1.165, 1.54) is 12.8 Å². The van der Waals surface area contributed by atoms with Crippen LogP contribution in [0.4, 0.5) is 4.79 Å². The second kappa shape index (κ2) is 5.44. The molecule has 0 spiro atoms. The Morgan fingerprint density at radius 1 is 1.40 bits per heavy atom. The molecule has 2 aliphatic rings. The van der Waals surface area contributed by atoms with Crippen molar-refractivity contribution in [1.29, 1.82) is 0 Å². The lowest BCUT2D eigenvalue weighted by Gasteiger charge is -2.20. The molecule has 1 saturated heterocycles. The van der Waals surface area contributed by atoms with E-state index in [2.05, 4.69) is 10.3 Å². The molecule has 2 amide bonds. The van der Waals surface area contributed by atoms with Crippen molar-refractivity contribution in [2.75, 3.05) is 13.1 Å². The fourth-order valence-corrected chi connectivity index (χ4v) is 3.27. The zero-order valence-electron chi connectivity index (χ0n) is 12.0. The molecule has 2 fully saturated rings. The lowest BCUT2D eigenvalue weighted by atomic mass is 10.0. The van der Waals surface area contributed by atoms with Gasteiger partial charge in [0.25, 0.3) is 0 Å². The van der Waals surface area contributed by atoms with E-state index < -0.39 is 0 Å². The highest BCUT2D eigenvalue weighted by Gasteiger charge is 2.35. The van der Waals surface area contributed by atoms with Gasteiger partial charge in [-0.05, 0) is 12.8 Å². The van der Waals surface area contributed by atoms with Crippen molar-refractivity contribution >= 4 is 6.03 Å². The topological polar surface area (TPSA) is 76.2 Å². The normalized spacial score (nSPS) is 27.2. The van der Waals surface area contributed by atoms with Crippen molar-refractivity contribution in [3.05, 3.63) is 18.2 Å². The van der Waals surface area contributed by atoms with Gasteiger partial charge in [-0.2, -0.15) is 0 Å². The Hall–Kier alpha value is -1.56. The fraction of sp³-hybridized carbons (Fsp3) is 0.714. The summed E-state index contributed by atoms with van der Waals surface area (Å²) in [6, 6.07) is 0.359. The Kier molecular flexibility index (Phi) is 3.65. The van der Waals surface area contributed by atoms with E-state index >= 15 is 0 Å². The molecule has 3 rings (SSSR count). The number of rotatable bonds is 2. The van der Waals surface area contributed by atoms with Gasteiger partial charge in [-0.1, -0.05) is 12.8 Å². The average molecular weight is 277 g/mol. The van der Waals surface area contributed by atoms with Crippen LogP contribution in [0.25, 0.3) is 0 Å². The summed E-state index contributed by atoms with van der Waals surface area (Å²) in [6.45, 7) is 1.27. The molecule has 0 unspecified atom stereocenters. The molecule has 3 N–H and O–H groups in total. The Labute approximate surface area is 119 Å². The van der Waals surface area contributed by atoms with Crippen LogP contribution in [-0.2, 0) is 7.05 Å². The minimum atomic E-state index is -0.0285. The molecule has 2 atom stereocenters. The maximum atomic E-state index is 12.3. The number of aromatic nitrogens is 2. The third-order valence-electron chi connectivity index (χ3n) is 4.44. The maximum absolute atomic E-state index is 12.3. The van der Waals surface area contributed by atoms with E-state index in [0.717, 1.165) is 18.5 Å². The first-order chi connectivity index (χ1) is 9.63. The van der Waals surface area contributed by atoms with Crippen LogP contribution in [0.5, 0.6) is 0 Å². The van der Waals surface area contributed by atoms with E-state index in [1.54, 1.807) is 6.33 Å². The minimum absolute atomic E-state index is 0.0285. The van der Waals surface area contributed by atoms with Gasteiger partial charge in [0.2, 0.25) is 0 Å². The number of likely N-dealkylation sites (tertiary alicyclic amines) is 1. The molecular formula is C14H23N5O. The zero-order chi connectivity index (χ0) is 14.1. The van der Waals surface area contributed by atoms with Crippen LogP contribution < -0.4 is 11.1 Å². The lowest BCUT2D eigenvalue weighted by Crippen LogP contribution is -2.43. The number of aryl methyl sites for hydroxylation is 1. The number of imidazole rings is 1. The van der Waals surface area contributed by atoms with Gasteiger partial charge in [0.15, 0.2) is 0 Å². The summed E-state index contributed by atoms with van der Waals surface area (Å²) in [4.78, 5) is 18.5. The van der Waals surface area contributed by atoms with E-state index in [0.29, 0.717) is 19.1 Å². The van der Waals surface area contributed by atoms with Gasteiger partial charge >= 0.3 is 6.03 Å². The Morgan fingerprint density at radius 3 is 2.80 bits per heavy atom. The molecule has 1 aromatic rings. The highest BCUT2D eigenvalue weighted by molar-refractivity contribution is 5.75. The maximum Gasteiger partial charge on any atom is 0.317 e. The average Bonchev–Trinajstić information content (AvgIpc) is 3.10. The van der Waals surface area contributed by atoms with E-state index in [1.807, 2.05) is 22.7 Å². The molecule has 6 nitrogen and oxygen atoms in total. The Bertz CT molecular complexity index is 480.